The highest BCUT2D eigenvalue weighted by molar-refractivity contribution is 5.76. The minimum absolute atomic E-state index is 0.229. The summed E-state index contributed by atoms with van der Waals surface area (Å²) in [7, 11) is 0. The second-order valence-corrected chi connectivity index (χ2v) is 6.40. The number of carbonyl (C=O) groups is 1. The van der Waals surface area contributed by atoms with Gasteiger partial charge in [-0.05, 0) is 31.4 Å². The summed E-state index contributed by atoms with van der Waals surface area (Å²) in [5.74, 6) is 0.229. The summed E-state index contributed by atoms with van der Waals surface area (Å²) in [6.07, 6.45) is 12.3. The number of aromatic nitrogens is 4. The molecular formula is C18H25N5O. The third-order valence-electron chi connectivity index (χ3n) is 4.64. The highest BCUT2D eigenvalue weighted by Crippen LogP contribution is 2.24. The molecule has 1 amide bonds. The number of aryl methyl sites for hydroxylation is 1. The molecule has 24 heavy (non-hydrogen) atoms. The molecule has 1 aliphatic carbocycles. The van der Waals surface area contributed by atoms with Crippen LogP contribution in [0.3, 0.4) is 0 Å². The first-order valence-corrected chi connectivity index (χ1v) is 8.85. The topological polar surface area (TPSA) is 63.9 Å². The molecule has 1 saturated carbocycles. The van der Waals surface area contributed by atoms with Crippen molar-refractivity contribution in [3.63, 3.8) is 0 Å². The summed E-state index contributed by atoms with van der Waals surface area (Å²) in [5, 5.41) is 4.09. The molecule has 1 fully saturated rings. The normalized spacial score (nSPS) is 15.3. The van der Waals surface area contributed by atoms with Crippen molar-refractivity contribution in [1.82, 2.24) is 24.6 Å². The van der Waals surface area contributed by atoms with E-state index in [0.717, 1.165) is 31.5 Å². The van der Waals surface area contributed by atoms with E-state index in [1.54, 1.807) is 17.2 Å². The molecule has 2 heterocycles. The zero-order valence-corrected chi connectivity index (χ0v) is 14.0. The van der Waals surface area contributed by atoms with Crippen LogP contribution in [0, 0.1) is 0 Å². The van der Waals surface area contributed by atoms with Gasteiger partial charge in [0.25, 0.3) is 0 Å². The SMILES string of the molecule is O=C(CCCn1cncn1)N(Cc1ccccn1)C1CCCCC1. The molecule has 1 aliphatic rings. The number of pyridine rings is 1. The molecule has 0 saturated heterocycles. The molecule has 2 aromatic heterocycles. The van der Waals surface area contributed by atoms with Crippen molar-refractivity contribution in [2.24, 2.45) is 0 Å². The van der Waals surface area contributed by atoms with E-state index in [4.69, 9.17) is 0 Å². The summed E-state index contributed by atoms with van der Waals surface area (Å²) in [6, 6.07) is 6.25. The first-order valence-electron chi connectivity index (χ1n) is 8.85. The van der Waals surface area contributed by atoms with Crippen molar-refractivity contribution in [1.29, 1.82) is 0 Å². The Kier molecular flexibility index (Phi) is 5.93. The van der Waals surface area contributed by atoms with Gasteiger partial charge in [-0.3, -0.25) is 14.5 Å². The molecule has 0 aliphatic heterocycles. The third kappa shape index (κ3) is 4.63. The first-order chi connectivity index (χ1) is 11.8. The lowest BCUT2D eigenvalue weighted by Gasteiger charge is -2.34. The smallest absolute Gasteiger partial charge is 0.223 e. The van der Waals surface area contributed by atoms with E-state index < -0.39 is 0 Å². The van der Waals surface area contributed by atoms with E-state index in [2.05, 4.69) is 20.0 Å². The van der Waals surface area contributed by atoms with Crippen LogP contribution in [0.1, 0.15) is 50.6 Å². The highest BCUT2D eigenvalue weighted by Gasteiger charge is 2.25. The average Bonchev–Trinajstić information content (AvgIpc) is 3.15. The molecule has 128 valence electrons. The molecular weight excluding hydrogens is 302 g/mol. The summed E-state index contributed by atoms with van der Waals surface area (Å²) in [5.41, 5.74) is 0.965. The van der Waals surface area contributed by atoms with Gasteiger partial charge in [-0.2, -0.15) is 5.10 Å². The van der Waals surface area contributed by atoms with Gasteiger partial charge in [-0.1, -0.05) is 25.3 Å². The van der Waals surface area contributed by atoms with E-state index in [1.807, 2.05) is 18.2 Å². The van der Waals surface area contributed by atoms with Gasteiger partial charge in [0.2, 0.25) is 5.91 Å². The van der Waals surface area contributed by atoms with Crippen molar-refractivity contribution >= 4 is 5.91 Å². The van der Waals surface area contributed by atoms with Crippen LogP contribution < -0.4 is 0 Å². The fourth-order valence-corrected chi connectivity index (χ4v) is 3.36. The van der Waals surface area contributed by atoms with Crippen LogP contribution in [0.15, 0.2) is 37.1 Å². The molecule has 0 bridgehead atoms. The van der Waals surface area contributed by atoms with Gasteiger partial charge in [0.1, 0.15) is 12.7 Å². The van der Waals surface area contributed by atoms with Gasteiger partial charge < -0.3 is 4.90 Å². The van der Waals surface area contributed by atoms with Gasteiger partial charge >= 0.3 is 0 Å². The number of nitrogens with zero attached hydrogens (tertiary/aromatic N) is 5. The quantitative estimate of drug-likeness (QED) is 0.784. The second-order valence-electron chi connectivity index (χ2n) is 6.40. The molecule has 0 atom stereocenters. The van der Waals surface area contributed by atoms with Crippen LogP contribution >= 0.6 is 0 Å². The van der Waals surface area contributed by atoms with Crippen molar-refractivity contribution in [3.05, 3.63) is 42.7 Å². The zero-order chi connectivity index (χ0) is 16.6. The average molecular weight is 327 g/mol. The maximum absolute atomic E-state index is 12.8. The molecule has 0 spiro atoms. The van der Waals surface area contributed by atoms with Gasteiger partial charge in [-0.25, -0.2) is 4.98 Å². The number of hydrogen-bond acceptors (Lipinski definition) is 4. The molecule has 0 aromatic carbocycles. The van der Waals surface area contributed by atoms with E-state index in [1.165, 1.54) is 25.6 Å². The number of amides is 1. The van der Waals surface area contributed by atoms with Crippen LogP contribution in [-0.4, -0.2) is 36.6 Å². The predicted octanol–water partition coefficient (Wildman–Crippen LogP) is 2.81. The number of rotatable bonds is 7. The molecule has 0 radical (unpaired) electrons. The lowest BCUT2D eigenvalue weighted by molar-refractivity contribution is -0.135. The molecule has 6 nitrogen and oxygen atoms in total. The first kappa shape index (κ1) is 16.6. The van der Waals surface area contributed by atoms with Crippen molar-refractivity contribution in [2.45, 2.75) is 64.1 Å². The fraction of sp³-hybridized carbons (Fsp3) is 0.556. The molecule has 6 heteroatoms. The van der Waals surface area contributed by atoms with Gasteiger partial charge in [-0.15, -0.1) is 0 Å². The molecule has 0 N–H and O–H groups in total. The van der Waals surface area contributed by atoms with Gasteiger partial charge in [0, 0.05) is 25.2 Å². The Morgan fingerprint density at radius 1 is 1.25 bits per heavy atom. The molecule has 2 aromatic rings. The Balaban J connectivity index is 1.60. The maximum atomic E-state index is 12.8. The minimum Gasteiger partial charge on any atom is -0.334 e. The van der Waals surface area contributed by atoms with E-state index >= 15 is 0 Å². The number of carbonyl (C=O) groups excluding carboxylic acids is 1. The Labute approximate surface area is 142 Å². The Morgan fingerprint density at radius 3 is 2.83 bits per heavy atom. The monoisotopic (exact) mass is 327 g/mol. The van der Waals surface area contributed by atoms with Crippen LogP contribution in [0.4, 0.5) is 0 Å². The molecule has 0 unspecified atom stereocenters. The Bertz CT molecular complexity index is 608. The van der Waals surface area contributed by atoms with E-state index in [0.29, 0.717) is 19.0 Å². The summed E-state index contributed by atoms with van der Waals surface area (Å²) < 4.78 is 1.77. The Hall–Kier alpha value is -2.24. The van der Waals surface area contributed by atoms with Crippen molar-refractivity contribution in [2.75, 3.05) is 0 Å². The van der Waals surface area contributed by atoms with Crippen molar-refractivity contribution in [3.8, 4) is 0 Å². The summed E-state index contributed by atoms with van der Waals surface area (Å²) in [4.78, 5) is 23.2. The standard InChI is InChI=1S/C18H25N5O/c24-18(10-6-12-22-15-19-14-21-22)23(17-8-2-1-3-9-17)13-16-7-4-5-11-20-16/h4-5,7,11,14-15,17H,1-3,6,8-10,12-13H2. The fourth-order valence-electron chi connectivity index (χ4n) is 3.36. The zero-order valence-electron chi connectivity index (χ0n) is 14.0. The summed E-state index contributed by atoms with van der Waals surface area (Å²) >= 11 is 0. The lowest BCUT2D eigenvalue weighted by Crippen LogP contribution is -2.41. The molecule has 3 rings (SSSR count). The van der Waals surface area contributed by atoms with Gasteiger partial charge in [0.15, 0.2) is 0 Å². The predicted molar refractivity (Wildman–Crippen MR) is 90.9 cm³/mol. The van der Waals surface area contributed by atoms with Gasteiger partial charge in [0.05, 0.1) is 12.2 Å². The van der Waals surface area contributed by atoms with Crippen molar-refractivity contribution < 1.29 is 4.79 Å². The van der Waals surface area contributed by atoms with Crippen LogP contribution in [0.5, 0.6) is 0 Å². The second kappa shape index (κ2) is 8.57. The number of hydrogen-bond donors (Lipinski definition) is 0. The largest absolute Gasteiger partial charge is 0.334 e. The summed E-state index contributed by atoms with van der Waals surface area (Å²) in [6.45, 7) is 1.35. The van der Waals surface area contributed by atoms with E-state index in [-0.39, 0.29) is 5.91 Å². The minimum atomic E-state index is 0.229. The van der Waals surface area contributed by atoms with Crippen LogP contribution in [0.25, 0.3) is 0 Å². The highest BCUT2D eigenvalue weighted by atomic mass is 16.2. The third-order valence-corrected chi connectivity index (χ3v) is 4.64. The van der Waals surface area contributed by atoms with E-state index in [9.17, 15) is 4.79 Å². The van der Waals surface area contributed by atoms with Crippen LogP contribution in [-0.2, 0) is 17.9 Å². The Morgan fingerprint density at radius 2 is 2.12 bits per heavy atom. The lowest BCUT2D eigenvalue weighted by atomic mass is 9.93. The maximum Gasteiger partial charge on any atom is 0.223 e. The van der Waals surface area contributed by atoms with Crippen LogP contribution in [0.2, 0.25) is 0 Å².